The molecule has 0 N–H and O–H groups in total. The van der Waals surface area contributed by atoms with Gasteiger partial charge < -0.3 is 32.9 Å². The molecular weight excluding hydrogens is 363 g/mol. The fourth-order valence-corrected chi connectivity index (χ4v) is 3.83. The minimum atomic E-state index is 0. The maximum atomic E-state index is 5.83. The minimum absolute atomic E-state index is 0. The van der Waals surface area contributed by atoms with Crippen molar-refractivity contribution in [3.63, 3.8) is 0 Å². The van der Waals surface area contributed by atoms with Crippen LogP contribution in [-0.4, -0.2) is 49.7 Å². The Morgan fingerprint density at radius 3 is 2.30 bits per heavy atom. The molecule has 1 aromatic heterocycles. The third-order valence-corrected chi connectivity index (χ3v) is 5.22. The number of furan rings is 1. The third-order valence-electron chi connectivity index (χ3n) is 5.22. The molecule has 20 heavy (non-hydrogen) atoms. The summed E-state index contributed by atoms with van der Waals surface area (Å²) in [7, 11) is 4.69. The number of hydrogen-bond donors (Lipinski definition) is 0. The maximum Gasteiger partial charge on any atom is 0.124 e. The average Bonchev–Trinajstić information content (AvgIpc) is 2.94. The monoisotopic (exact) mass is 390 g/mol. The van der Waals surface area contributed by atoms with Crippen molar-refractivity contribution in [3.8, 4) is 0 Å². The predicted molar refractivity (Wildman–Crippen MR) is 76.9 cm³/mol. The zero-order chi connectivity index (χ0) is 13.3. The van der Waals surface area contributed by atoms with Crippen LogP contribution in [0.3, 0.4) is 0 Å². The highest BCUT2D eigenvalue weighted by atomic mass is 127. The van der Waals surface area contributed by atoms with E-state index in [0.717, 1.165) is 4.48 Å². The highest BCUT2D eigenvalue weighted by molar-refractivity contribution is 5.14. The van der Waals surface area contributed by atoms with Crippen molar-refractivity contribution in [3.05, 3.63) is 24.2 Å². The summed E-state index contributed by atoms with van der Waals surface area (Å²) in [6.07, 6.45) is 8.46. The van der Waals surface area contributed by atoms with Crippen molar-refractivity contribution < 1.29 is 32.9 Å². The first-order valence-electron chi connectivity index (χ1n) is 7.74. The number of likely N-dealkylation sites (N-methyl/N-ethyl adjacent to an activating group) is 1. The smallest absolute Gasteiger partial charge is 0.124 e. The molecule has 3 rings (SSSR count). The molecule has 2 aliphatic rings. The lowest BCUT2D eigenvalue weighted by Crippen LogP contribution is -3.00. The van der Waals surface area contributed by atoms with Gasteiger partial charge in [-0.2, -0.15) is 0 Å². The van der Waals surface area contributed by atoms with E-state index in [1.165, 1.54) is 64.0 Å². The van der Waals surface area contributed by atoms with Crippen molar-refractivity contribution in [1.29, 1.82) is 0 Å². The number of nitrogens with zero attached hydrogens (tertiary/aromatic N) is 2. The van der Waals surface area contributed by atoms with Gasteiger partial charge in [0.1, 0.15) is 5.76 Å². The maximum absolute atomic E-state index is 5.83. The van der Waals surface area contributed by atoms with Gasteiger partial charge in [0, 0.05) is 13.1 Å². The Bertz CT molecular complexity index is 400. The van der Waals surface area contributed by atoms with Crippen LogP contribution in [0.2, 0.25) is 0 Å². The van der Waals surface area contributed by atoms with E-state index in [1.54, 1.807) is 0 Å². The van der Waals surface area contributed by atoms with Gasteiger partial charge in [0.05, 0.1) is 39.0 Å². The van der Waals surface area contributed by atoms with E-state index in [-0.39, 0.29) is 29.5 Å². The first-order valence-corrected chi connectivity index (χ1v) is 7.74. The first kappa shape index (κ1) is 16.3. The summed E-state index contributed by atoms with van der Waals surface area (Å²) < 4.78 is 6.99. The highest BCUT2D eigenvalue weighted by Crippen LogP contribution is 2.43. The van der Waals surface area contributed by atoms with Crippen LogP contribution >= 0.6 is 0 Å². The van der Waals surface area contributed by atoms with E-state index in [4.69, 9.17) is 4.42 Å². The fourth-order valence-electron chi connectivity index (χ4n) is 3.83. The van der Waals surface area contributed by atoms with E-state index in [9.17, 15) is 0 Å². The quantitative estimate of drug-likeness (QED) is 0.516. The largest absolute Gasteiger partial charge is 1.00 e. The molecule has 1 aliphatic heterocycles. The summed E-state index contributed by atoms with van der Waals surface area (Å²) in [5, 5.41) is 0. The molecule has 0 amide bonds. The Labute approximate surface area is 139 Å². The van der Waals surface area contributed by atoms with Crippen molar-refractivity contribution in [2.24, 2.45) is 0 Å². The average molecular weight is 390 g/mol. The number of hydrogen-bond acceptors (Lipinski definition) is 2. The van der Waals surface area contributed by atoms with Crippen LogP contribution in [0.1, 0.15) is 37.9 Å². The van der Waals surface area contributed by atoms with Crippen LogP contribution in [0.25, 0.3) is 0 Å². The van der Waals surface area contributed by atoms with Crippen LogP contribution in [0.15, 0.2) is 22.8 Å². The molecule has 0 aromatic carbocycles. The number of piperazine rings is 1. The molecular formula is C16H27IN2O. The predicted octanol–water partition coefficient (Wildman–Crippen LogP) is -0.165. The van der Waals surface area contributed by atoms with Gasteiger partial charge in [0.15, 0.2) is 0 Å². The second kappa shape index (κ2) is 6.36. The van der Waals surface area contributed by atoms with Crippen molar-refractivity contribution >= 4 is 0 Å². The van der Waals surface area contributed by atoms with Gasteiger partial charge in [-0.1, -0.05) is 19.3 Å². The highest BCUT2D eigenvalue weighted by Gasteiger charge is 2.44. The molecule has 0 unspecified atom stereocenters. The zero-order valence-electron chi connectivity index (χ0n) is 12.8. The topological polar surface area (TPSA) is 16.4 Å². The molecule has 1 saturated carbocycles. The zero-order valence-corrected chi connectivity index (χ0v) is 14.9. The Morgan fingerprint density at radius 2 is 1.75 bits per heavy atom. The van der Waals surface area contributed by atoms with Crippen LogP contribution in [0.4, 0.5) is 0 Å². The van der Waals surface area contributed by atoms with Crippen LogP contribution < -0.4 is 24.0 Å². The molecule has 1 saturated heterocycles. The Morgan fingerprint density at radius 1 is 1.10 bits per heavy atom. The molecule has 1 aliphatic carbocycles. The van der Waals surface area contributed by atoms with Crippen molar-refractivity contribution in [1.82, 2.24) is 4.90 Å². The van der Waals surface area contributed by atoms with Gasteiger partial charge in [-0.25, -0.2) is 0 Å². The molecule has 1 aromatic rings. The second-order valence-electron chi connectivity index (χ2n) is 6.94. The SMILES string of the molecule is C[N+]1(C)CCN(C2(c3ccco3)CCCCC2)CC1.[I-]. The number of rotatable bonds is 2. The summed E-state index contributed by atoms with van der Waals surface area (Å²) in [6.45, 7) is 4.91. The van der Waals surface area contributed by atoms with Gasteiger partial charge in [0.25, 0.3) is 0 Å². The molecule has 0 bridgehead atoms. The molecule has 114 valence electrons. The van der Waals surface area contributed by atoms with Crippen molar-refractivity contribution in [2.75, 3.05) is 40.3 Å². The Kier molecular flexibility index (Phi) is 5.19. The summed E-state index contributed by atoms with van der Waals surface area (Å²) in [4.78, 5) is 2.72. The van der Waals surface area contributed by atoms with E-state index >= 15 is 0 Å². The van der Waals surface area contributed by atoms with Gasteiger partial charge in [-0.3, -0.25) is 4.90 Å². The summed E-state index contributed by atoms with van der Waals surface area (Å²) in [5.41, 5.74) is 0.197. The molecule has 3 nitrogen and oxygen atoms in total. The second-order valence-corrected chi connectivity index (χ2v) is 6.94. The van der Waals surface area contributed by atoms with Crippen molar-refractivity contribution in [2.45, 2.75) is 37.6 Å². The lowest BCUT2D eigenvalue weighted by atomic mass is 9.78. The molecule has 0 atom stereocenters. The minimum Gasteiger partial charge on any atom is -1.00 e. The Hall–Kier alpha value is -0.0700. The van der Waals surface area contributed by atoms with Gasteiger partial charge in [0.2, 0.25) is 0 Å². The summed E-state index contributed by atoms with van der Waals surface area (Å²) in [6, 6.07) is 4.25. The summed E-state index contributed by atoms with van der Waals surface area (Å²) >= 11 is 0. The van der Waals surface area contributed by atoms with E-state index in [2.05, 4.69) is 31.1 Å². The Balaban J connectivity index is 0.00000147. The fraction of sp³-hybridized carbons (Fsp3) is 0.750. The van der Waals surface area contributed by atoms with E-state index in [1.807, 2.05) is 6.26 Å². The lowest BCUT2D eigenvalue weighted by molar-refractivity contribution is -0.895. The van der Waals surface area contributed by atoms with Crippen LogP contribution in [-0.2, 0) is 5.54 Å². The van der Waals surface area contributed by atoms with Gasteiger partial charge in [-0.15, -0.1) is 0 Å². The first-order chi connectivity index (χ1) is 9.12. The lowest BCUT2D eigenvalue weighted by Gasteiger charge is -2.49. The molecule has 0 radical (unpaired) electrons. The normalized spacial score (nSPS) is 25.9. The number of quaternary nitrogens is 1. The molecule has 4 heteroatoms. The number of halogens is 1. The summed E-state index contributed by atoms with van der Waals surface area (Å²) in [5.74, 6) is 1.21. The van der Waals surface area contributed by atoms with Crippen LogP contribution in [0.5, 0.6) is 0 Å². The van der Waals surface area contributed by atoms with Crippen LogP contribution in [0, 0.1) is 0 Å². The molecule has 2 heterocycles. The molecule has 0 spiro atoms. The van der Waals surface area contributed by atoms with Gasteiger partial charge in [-0.05, 0) is 25.0 Å². The third kappa shape index (κ3) is 3.07. The van der Waals surface area contributed by atoms with Gasteiger partial charge >= 0.3 is 0 Å². The van der Waals surface area contributed by atoms with E-state index < -0.39 is 0 Å². The molecule has 2 fully saturated rings. The van der Waals surface area contributed by atoms with E-state index in [0.29, 0.717) is 0 Å². The standard InChI is InChI=1S/C16H27N2O.HI/c1-18(2)12-10-17(11-13-18)16(8-4-3-5-9-16)15-7-6-14-19-15;/h6-7,14H,3-5,8-13H2,1-2H3;1H/q+1;/p-1.